The second-order valence-corrected chi connectivity index (χ2v) is 13.4. The van der Waals surface area contributed by atoms with E-state index in [4.69, 9.17) is 8.37 Å². The number of carbonyl (C=O) groups excluding carboxylic acids is 1. The number of hydrogen-bond acceptors (Lipinski definition) is 7. The van der Waals surface area contributed by atoms with Gasteiger partial charge in [-0.25, -0.2) is 4.79 Å². The van der Waals surface area contributed by atoms with Crippen LogP contribution in [-0.2, 0) is 20.2 Å². The van der Waals surface area contributed by atoms with E-state index in [0.29, 0.717) is 22.3 Å². The number of benzene rings is 6. The molecular formula is C37H28N2O7S2. The van der Waals surface area contributed by atoms with Crippen molar-refractivity contribution in [3.8, 4) is 33.8 Å². The van der Waals surface area contributed by atoms with Crippen molar-refractivity contribution in [2.75, 3.05) is 10.6 Å². The highest BCUT2D eigenvalue weighted by atomic mass is 32.2. The summed E-state index contributed by atoms with van der Waals surface area (Å²) in [6.45, 7) is 0. The van der Waals surface area contributed by atoms with Gasteiger partial charge in [-0.3, -0.25) is 0 Å². The van der Waals surface area contributed by atoms with E-state index in [0.717, 1.165) is 0 Å². The monoisotopic (exact) mass is 676 g/mol. The van der Waals surface area contributed by atoms with Crippen molar-refractivity contribution < 1.29 is 30.0 Å². The van der Waals surface area contributed by atoms with Gasteiger partial charge in [0.1, 0.15) is 9.79 Å². The zero-order valence-corrected chi connectivity index (χ0v) is 26.8. The number of para-hydroxylation sites is 4. The normalized spacial score (nSPS) is 11.3. The number of carbonyl (C=O) groups is 1. The lowest BCUT2D eigenvalue weighted by Crippen LogP contribution is -2.21. The van der Waals surface area contributed by atoms with Gasteiger partial charge in [0.25, 0.3) is 0 Å². The molecule has 0 saturated carbocycles. The SMILES string of the molecule is O=C(Nc1ccccc1OS(=O)(=O)c1ccccc1-c1ccccc1)Nc1ccccc1OS(=O)(=O)c1ccccc1-c1ccccc1. The smallest absolute Gasteiger partial charge is 0.339 e. The highest BCUT2D eigenvalue weighted by molar-refractivity contribution is 7.87. The van der Waals surface area contributed by atoms with Crippen LogP contribution in [0.2, 0.25) is 0 Å². The Morgan fingerprint density at radius 1 is 0.417 bits per heavy atom. The molecule has 0 aliphatic heterocycles. The van der Waals surface area contributed by atoms with Crippen LogP contribution in [0, 0.1) is 0 Å². The van der Waals surface area contributed by atoms with Crippen molar-refractivity contribution in [1.82, 2.24) is 0 Å². The molecule has 0 aliphatic rings. The van der Waals surface area contributed by atoms with Crippen LogP contribution in [0.3, 0.4) is 0 Å². The molecule has 0 bridgehead atoms. The first-order chi connectivity index (χ1) is 23.2. The first kappa shape index (κ1) is 32.0. The fourth-order valence-electron chi connectivity index (χ4n) is 4.97. The van der Waals surface area contributed by atoms with Crippen molar-refractivity contribution >= 4 is 37.6 Å². The molecule has 6 rings (SSSR count). The van der Waals surface area contributed by atoms with E-state index in [9.17, 15) is 21.6 Å². The van der Waals surface area contributed by atoms with Crippen molar-refractivity contribution in [2.45, 2.75) is 9.79 Å². The fourth-order valence-corrected chi connectivity index (χ4v) is 7.31. The molecule has 2 amide bonds. The van der Waals surface area contributed by atoms with Gasteiger partial charge in [0.05, 0.1) is 11.4 Å². The van der Waals surface area contributed by atoms with E-state index >= 15 is 0 Å². The Morgan fingerprint density at radius 3 is 1.17 bits per heavy atom. The third-order valence-electron chi connectivity index (χ3n) is 7.15. The Morgan fingerprint density at radius 2 is 0.750 bits per heavy atom. The van der Waals surface area contributed by atoms with Gasteiger partial charge in [0.15, 0.2) is 11.5 Å². The first-order valence-corrected chi connectivity index (χ1v) is 17.5. The summed E-state index contributed by atoms with van der Waals surface area (Å²) in [7, 11) is -8.69. The minimum Gasteiger partial charge on any atom is -0.377 e. The third-order valence-corrected chi connectivity index (χ3v) is 9.74. The average molecular weight is 677 g/mol. The maximum absolute atomic E-state index is 13.5. The molecule has 0 aliphatic carbocycles. The van der Waals surface area contributed by atoms with Gasteiger partial charge in [-0.2, -0.15) is 16.8 Å². The maximum atomic E-state index is 13.5. The highest BCUT2D eigenvalue weighted by Gasteiger charge is 2.25. The second kappa shape index (κ2) is 13.8. The molecule has 0 saturated heterocycles. The molecule has 2 N–H and O–H groups in total. The molecular weight excluding hydrogens is 649 g/mol. The molecule has 0 radical (unpaired) electrons. The summed E-state index contributed by atoms with van der Waals surface area (Å²) in [5.74, 6) is -0.250. The van der Waals surface area contributed by atoms with Gasteiger partial charge in [-0.05, 0) is 47.5 Å². The van der Waals surface area contributed by atoms with Crippen LogP contribution in [-0.4, -0.2) is 22.9 Å². The van der Waals surface area contributed by atoms with E-state index in [1.165, 1.54) is 36.4 Å². The van der Waals surface area contributed by atoms with Crippen molar-refractivity contribution in [2.24, 2.45) is 0 Å². The standard InChI is InChI=1S/C37H28N2O7S2/c40-37(38-31-21-9-11-23-33(31)45-47(41,42)35-25-13-7-19-29(35)27-15-3-1-4-16-27)39-32-22-10-12-24-34(32)46-48(43,44)36-26-14-8-20-30(36)28-17-5-2-6-18-28/h1-26H,(H2,38,39,40). The minimum atomic E-state index is -4.34. The zero-order valence-electron chi connectivity index (χ0n) is 25.2. The van der Waals surface area contributed by atoms with E-state index in [1.807, 2.05) is 12.1 Å². The van der Waals surface area contributed by atoms with Crippen molar-refractivity contribution in [3.05, 3.63) is 158 Å². The van der Waals surface area contributed by atoms with Crippen LogP contribution >= 0.6 is 0 Å². The maximum Gasteiger partial charge on any atom is 0.339 e. The summed E-state index contributed by atoms with van der Waals surface area (Å²) < 4.78 is 65.1. The van der Waals surface area contributed by atoms with Crippen LogP contribution in [0.25, 0.3) is 22.3 Å². The molecule has 0 atom stereocenters. The number of amides is 2. The molecule has 0 heterocycles. The number of urea groups is 1. The molecule has 11 heteroatoms. The lowest BCUT2D eigenvalue weighted by Gasteiger charge is -2.16. The Kier molecular flexibility index (Phi) is 9.24. The molecule has 6 aromatic carbocycles. The van der Waals surface area contributed by atoms with Crippen LogP contribution in [0.4, 0.5) is 16.2 Å². The van der Waals surface area contributed by atoms with Gasteiger partial charge in [0, 0.05) is 11.1 Å². The molecule has 6 aromatic rings. The molecule has 9 nitrogen and oxygen atoms in total. The summed E-state index contributed by atoms with van der Waals surface area (Å²) in [5, 5.41) is 5.17. The Hall–Kier alpha value is -5.91. The van der Waals surface area contributed by atoms with Gasteiger partial charge in [0.2, 0.25) is 0 Å². The summed E-state index contributed by atoms with van der Waals surface area (Å²) in [6.07, 6.45) is 0. The number of anilines is 2. The Bertz CT molecular complexity index is 2130. The highest BCUT2D eigenvalue weighted by Crippen LogP contribution is 2.34. The number of hydrogen-bond donors (Lipinski definition) is 2. The Labute approximate surface area is 278 Å². The first-order valence-electron chi connectivity index (χ1n) is 14.7. The third kappa shape index (κ3) is 7.22. The van der Waals surface area contributed by atoms with Gasteiger partial charge >= 0.3 is 26.3 Å². The molecule has 0 unspecified atom stereocenters. The molecule has 48 heavy (non-hydrogen) atoms. The molecule has 0 spiro atoms. The minimum absolute atomic E-state index is 0.0448. The van der Waals surface area contributed by atoms with Gasteiger partial charge < -0.3 is 19.0 Å². The number of rotatable bonds is 10. The van der Waals surface area contributed by atoms with Crippen LogP contribution in [0.1, 0.15) is 0 Å². The van der Waals surface area contributed by atoms with E-state index in [-0.39, 0.29) is 32.7 Å². The molecule has 0 aromatic heterocycles. The predicted octanol–water partition coefficient (Wildman–Crippen LogP) is 8.20. The Balaban J connectivity index is 1.21. The quantitative estimate of drug-likeness (QED) is 0.140. The summed E-state index contributed by atoms with van der Waals surface area (Å²) in [5.41, 5.74) is 2.41. The molecule has 240 valence electrons. The number of nitrogens with one attached hydrogen (secondary N) is 2. The van der Waals surface area contributed by atoms with Gasteiger partial charge in [-0.15, -0.1) is 0 Å². The van der Waals surface area contributed by atoms with E-state index in [1.54, 1.807) is 109 Å². The van der Waals surface area contributed by atoms with Crippen LogP contribution in [0.15, 0.2) is 168 Å². The molecule has 0 fully saturated rings. The topological polar surface area (TPSA) is 128 Å². The van der Waals surface area contributed by atoms with Crippen molar-refractivity contribution in [1.29, 1.82) is 0 Å². The predicted molar refractivity (Wildman–Crippen MR) is 185 cm³/mol. The van der Waals surface area contributed by atoms with E-state index in [2.05, 4.69) is 10.6 Å². The summed E-state index contributed by atoms with van der Waals surface area (Å²) in [4.78, 5) is 13.1. The average Bonchev–Trinajstić information content (AvgIpc) is 3.10. The zero-order chi connectivity index (χ0) is 33.6. The van der Waals surface area contributed by atoms with Crippen LogP contribution in [0.5, 0.6) is 11.5 Å². The second-order valence-electron chi connectivity index (χ2n) is 10.4. The van der Waals surface area contributed by atoms with Crippen molar-refractivity contribution in [3.63, 3.8) is 0 Å². The van der Waals surface area contributed by atoms with Crippen LogP contribution < -0.4 is 19.0 Å². The summed E-state index contributed by atoms with van der Waals surface area (Å²) in [6, 6.07) is 42.3. The summed E-state index contributed by atoms with van der Waals surface area (Å²) >= 11 is 0. The fraction of sp³-hybridized carbons (Fsp3) is 0. The van der Waals surface area contributed by atoms with E-state index < -0.39 is 26.3 Å². The largest absolute Gasteiger partial charge is 0.377 e. The lowest BCUT2D eigenvalue weighted by atomic mass is 10.1. The lowest BCUT2D eigenvalue weighted by molar-refractivity contribution is 0.262. The van der Waals surface area contributed by atoms with Gasteiger partial charge in [-0.1, -0.05) is 121 Å².